The van der Waals surface area contributed by atoms with E-state index in [9.17, 15) is 13.2 Å². The van der Waals surface area contributed by atoms with Gasteiger partial charge in [0.25, 0.3) is 0 Å². The number of aromatic nitrogens is 2. The molecule has 0 spiro atoms. The Hall–Kier alpha value is -2.29. The van der Waals surface area contributed by atoms with Crippen molar-refractivity contribution < 1.29 is 13.2 Å². The first kappa shape index (κ1) is 12.2. The van der Waals surface area contributed by atoms with Crippen molar-refractivity contribution in [3.63, 3.8) is 0 Å². The summed E-state index contributed by atoms with van der Waals surface area (Å²) in [6.45, 7) is 1.72. The number of halogens is 3. The molecule has 0 fully saturated rings. The number of nitriles is 1. The van der Waals surface area contributed by atoms with Crippen molar-refractivity contribution >= 4 is 0 Å². The first-order valence-electron chi connectivity index (χ1n) is 5.05. The summed E-state index contributed by atoms with van der Waals surface area (Å²) in [6.07, 6.45) is -2.71. The highest BCUT2D eigenvalue weighted by Gasteiger charge is 2.32. The third kappa shape index (κ3) is 2.20. The van der Waals surface area contributed by atoms with Crippen LogP contribution in [0.3, 0.4) is 0 Å². The number of hydrogen-bond acceptors (Lipinski definition) is 2. The SMILES string of the molecule is Cc1cc(-n2cc(C(F)(F)F)cn2)ccc1C#N. The van der Waals surface area contributed by atoms with Gasteiger partial charge in [-0.1, -0.05) is 0 Å². The molecule has 0 radical (unpaired) electrons. The minimum atomic E-state index is -4.40. The van der Waals surface area contributed by atoms with E-state index in [1.54, 1.807) is 25.1 Å². The van der Waals surface area contributed by atoms with Crippen LogP contribution in [0.25, 0.3) is 5.69 Å². The molecule has 0 amide bonds. The summed E-state index contributed by atoms with van der Waals surface area (Å²) in [6, 6.07) is 6.72. The first-order chi connectivity index (χ1) is 8.41. The number of aryl methyl sites for hydroxylation is 1. The van der Waals surface area contributed by atoms with Crippen molar-refractivity contribution in [1.29, 1.82) is 5.26 Å². The Bertz CT molecular complexity index is 620. The minimum Gasteiger partial charge on any atom is -0.240 e. The zero-order valence-corrected chi connectivity index (χ0v) is 9.36. The van der Waals surface area contributed by atoms with E-state index in [1.165, 1.54) is 0 Å². The second-order valence-electron chi connectivity index (χ2n) is 3.78. The average Bonchev–Trinajstić information content (AvgIpc) is 2.77. The van der Waals surface area contributed by atoms with Crippen LogP contribution in [0.1, 0.15) is 16.7 Å². The predicted octanol–water partition coefficient (Wildman–Crippen LogP) is 3.07. The van der Waals surface area contributed by atoms with Gasteiger partial charge in [-0.25, -0.2) is 4.68 Å². The molecule has 0 saturated heterocycles. The highest BCUT2D eigenvalue weighted by atomic mass is 19.4. The van der Waals surface area contributed by atoms with Crippen LogP contribution in [0, 0.1) is 18.3 Å². The van der Waals surface area contributed by atoms with Crippen LogP contribution in [0.5, 0.6) is 0 Å². The molecular formula is C12H8F3N3. The van der Waals surface area contributed by atoms with Crippen molar-refractivity contribution in [3.8, 4) is 11.8 Å². The Morgan fingerprint density at radius 1 is 1.33 bits per heavy atom. The summed E-state index contributed by atoms with van der Waals surface area (Å²) < 4.78 is 38.4. The van der Waals surface area contributed by atoms with Gasteiger partial charge in [0.2, 0.25) is 0 Å². The second kappa shape index (κ2) is 4.18. The molecule has 0 aliphatic carbocycles. The zero-order valence-electron chi connectivity index (χ0n) is 9.36. The molecule has 1 heterocycles. The molecule has 0 aliphatic heterocycles. The quantitative estimate of drug-likeness (QED) is 0.781. The highest BCUT2D eigenvalue weighted by Crippen LogP contribution is 2.29. The summed E-state index contributed by atoms with van der Waals surface area (Å²) in [4.78, 5) is 0. The fraction of sp³-hybridized carbons (Fsp3) is 0.167. The van der Waals surface area contributed by atoms with Crippen LogP contribution < -0.4 is 0 Å². The third-order valence-corrected chi connectivity index (χ3v) is 2.50. The molecule has 92 valence electrons. The van der Waals surface area contributed by atoms with Crippen molar-refractivity contribution in [2.75, 3.05) is 0 Å². The second-order valence-corrected chi connectivity index (χ2v) is 3.78. The lowest BCUT2D eigenvalue weighted by atomic mass is 10.1. The number of rotatable bonds is 1. The van der Waals surface area contributed by atoms with E-state index in [0.717, 1.165) is 17.1 Å². The summed E-state index contributed by atoms with van der Waals surface area (Å²) >= 11 is 0. The Kier molecular flexibility index (Phi) is 2.83. The molecule has 2 aromatic rings. The van der Waals surface area contributed by atoms with Crippen LogP contribution >= 0.6 is 0 Å². The molecular weight excluding hydrogens is 243 g/mol. The van der Waals surface area contributed by atoms with Crippen molar-refractivity contribution in [2.24, 2.45) is 0 Å². The van der Waals surface area contributed by atoms with Crippen LogP contribution in [-0.2, 0) is 6.18 Å². The maximum atomic E-state index is 12.4. The molecule has 0 saturated carbocycles. The van der Waals surface area contributed by atoms with E-state index in [0.29, 0.717) is 16.8 Å². The molecule has 6 heteroatoms. The van der Waals surface area contributed by atoms with E-state index < -0.39 is 11.7 Å². The lowest BCUT2D eigenvalue weighted by molar-refractivity contribution is -0.137. The number of hydrogen-bond donors (Lipinski definition) is 0. The summed E-state index contributed by atoms with van der Waals surface area (Å²) in [5, 5.41) is 12.4. The number of benzene rings is 1. The minimum absolute atomic E-state index is 0.488. The molecule has 2 rings (SSSR count). The van der Waals surface area contributed by atoms with Gasteiger partial charge in [0.15, 0.2) is 0 Å². The Morgan fingerprint density at radius 2 is 2.06 bits per heavy atom. The van der Waals surface area contributed by atoms with Gasteiger partial charge in [-0.15, -0.1) is 0 Å². The number of alkyl halides is 3. The topological polar surface area (TPSA) is 41.6 Å². The molecule has 0 unspecified atom stereocenters. The summed E-state index contributed by atoms with van der Waals surface area (Å²) in [5.74, 6) is 0. The van der Waals surface area contributed by atoms with E-state index in [4.69, 9.17) is 5.26 Å². The molecule has 0 atom stereocenters. The molecule has 0 aliphatic rings. The Labute approximate surface area is 101 Å². The Morgan fingerprint density at radius 3 is 2.56 bits per heavy atom. The monoisotopic (exact) mass is 251 g/mol. The van der Waals surface area contributed by atoms with Gasteiger partial charge in [-0.05, 0) is 30.7 Å². The van der Waals surface area contributed by atoms with Crippen molar-refractivity contribution in [2.45, 2.75) is 13.1 Å². The maximum Gasteiger partial charge on any atom is 0.419 e. The third-order valence-electron chi connectivity index (χ3n) is 2.50. The standard InChI is InChI=1S/C12H8F3N3/c1-8-4-11(3-2-9(8)5-16)18-7-10(6-17-18)12(13,14)15/h2-4,6-7H,1H3. The van der Waals surface area contributed by atoms with Crippen molar-refractivity contribution in [3.05, 3.63) is 47.3 Å². The summed E-state index contributed by atoms with van der Waals surface area (Å²) in [7, 11) is 0. The fourth-order valence-corrected chi connectivity index (χ4v) is 1.53. The normalized spacial score (nSPS) is 11.3. The molecule has 3 nitrogen and oxygen atoms in total. The van der Waals surface area contributed by atoms with Gasteiger partial charge >= 0.3 is 6.18 Å². The van der Waals surface area contributed by atoms with Crippen LogP contribution in [-0.4, -0.2) is 9.78 Å². The van der Waals surface area contributed by atoms with E-state index >= 15 is 0 Å². The highest BCUT2D eigenvalue weighted by molar-refractivity contribution is 5.45. The van der Waals surface area contributed by atoms with Gasteiger partial charge < -0.3 is 0 Å². The Balaban J connectivity index is 2.41. The summed E-state index contributed by atoms with van der Waals surface area (Å²) in [5.41, 5.74) is 0.868. The largest absolute Gasteiger partial charge is 0.419 e. The van der Waals surface area contributed by atoms with Crippen LogP contribution in [0.4, 0.5) is 13.2 Å². The molecule has 0 bridgehead atoms. The molecule has 1 aromatic heterocycles. The van der Waals surface area contributed by atoms with Gasteiger partial charge in [0, 0.05) is 6.20 Å². The fourth-order valence-electron chi connectivity index (χ4n) is 1.53. The zero-order chi connectivity index (χ0) is 13.3. The van der Waals surface area contributed by atoms with Gasteiger partial charge in [-0.3, -0.25) is 0 Å². The smallest absolute Gasteiger partial charge is 0.240 e. The first-order valence-corrected chi connectivity index (χ1v) is 5.05. The lowest BCUT2D eigenvalue weighted by Crippen LogP contribution is -2.03. The predicted molar refractivity (Wildman–Crippen MR) is 58.0 cm³/mol. The lowest BCUT2D eigenvalue weighted by Gasteiger charge is -2.04. The average molecular weight is 251 g/mol. The van der Waals surface area contributed by atoms with Crippen molar-refractivity contribution in [1.82, 2.24) is 9.78 Å². The molecule has 0 N–H and O–H groups in total. The van der Waals surface area contributed by atoms with Gasteiger partial charge in [0.05, 0.1) is 29.1 Å². The van der Waals surface area contributed by atoms with Crippen LogP contribution in [0.2, 0.25) is 0 Å². The van der Waals surface area contributed by atoms with Crippen LogP contribution in [0.15, 0.2) is 30.6 Å². The van der Waals surface area contributed by atoms with Gasteiger partial charge in [0.1, 0.15) is 0 Å². The van der Waals surface area contributed by atoms with Gasteiger partial charge in [-0.2, -0.15) is 23.5 Å². The molecule has 1 aromatic carbocycles. The van der Waals surface area contributed by atoms with E-state index in [-0.39, 0.29) is 0 Å². The molecule has 18 heavy (non-hydrogen) atoms. The maximum absolute atomic E-state index is 12.4. The van der Waals surface area contributed by atoms with E-state index in [1.807, 2.05) is 6.07 Å². The number of nitrogens with zero attached hydrogens (tertiary/aromatic N) is 3. The van der Waals surface area contributed by atoms with E-state index in [2.05, 4.69) is 5.10 Å².